The van der Waals surface area contributed by atoms with Gasteiger partial charge >= 0.3 is 6.09 Å². The van der Waals surface area contributed by atoms with Crippen molar-refractivity contribution in [2.45, 2.75) is 51.7 Å². The molecule has 0 radical (unpaired) electrons. The Labute approximate surface area is 85.4 Å². The van der Waals surface area contributed by atoms with Crippen LogP contribution in [0, 0.1) is 5.92 Å². The quantitative estimate of drug-likeness (QED) is 0.597. The van der Waals surface area contributed by atoms with Gasteiger partial charge in [-0.15, -0.1) is 0 Å². The molecule has 0 aromatic carbocycles. The Balaban J connectivity index is 1.99. The zero-order valence-electron chi connectivity index (χ0n) is 9.46. The summed E-state index contributed by atoms with van der Waals surface area (Å²) in [5.41, 5.74) is -0.247. The van der Waals surface area contributed by atoms with Gasteiger partial charge in [0.05, 0.1) is 0 Å². The van der Waals surface area contributed by atoms with Gasteiger partial charge in [0.15, 0.2) is 0 Å². The standard InChI is InChI=1S/C11H19NO2/c1-10(2,3)14-9(13)12-6-5-8-7-11(8,12)4/h8H,5-7H2,1-4H3/t8-,11+/m0/s1. The SMILES string of the molecule is CC(C)(C)OC(=O)N1CC[C@H]2C[C@]21C. The zero-order chi connectivity index (χ0) is 10.6. The topological polar surface area (TPSA) is 29.5 Å². The van der Waals surface area contributed by atoms with E-state index in [0.717, 1.165) is 25.3 Å². The largest absolute Gasteiger partial charge is 0.444 e. The highest BCUT2D eigenvalue weighted by molar-refractivity contribution is 5.70. The Hall–Kier alpha value is -0.730. The summed E-state index contributed by atoms with van der Waals surface area (Å²) in [4.78, 5) is 13.7. The van der Waals surface area contributed by atoms with Crippen LogP contribution in [0.25, 0.3) is 0 Å². The monoisotopic (exact) mass is 197 g/mol. The molecule has 0 spiro atoms. The molecule has 0 unspecified atom stereocenters. The Morgan fingerprint density at radius 2 is 2.14 bits per heavy atom. The molecule has 2 rings (SSSR count). The molecule has 0 aromatic rings. The van der Waals surface area contributed by atoms with Crippen molar-refractivity contribution in [1.82, 2.24) is 4.90 Å². The molecule has 3 nitrogen and oxygen atoms in total. The molecule has 80 valence electrons. The fraction of sp³-hybridized carbons (Fsp3) is 0.909. The summed E-state index contributed by atoms with van der Waals surface area (Å²) in [7, 11) is 0. The average Bonchev–Trinajstić information content (AvgIpc) is 2.50. The van der Waals surface area contributed by atoms with Crippen LogP contribution in [0.1, 0.15) is 40.5 Å². The number of ether oxygens (including phenoxy) is 1. The van der Waals surface area contributed by atoms with E-state index in [4.69, 9.17) is 4.74 Å². The summed E-state index contributed by atoms with van der Waals surface area (Å²) in [6, 6.07) is 0. The normalized spacial score (nSPS) is 35.4. The molecule has 2 fully saturated rings. The minimum atomic E-state index is -0.375. The van der Waals surface area contributed by atoms with E-state index in [0.29, 0.717) is 0 Å². The van der Waals surface area contributed by atoms with E-state index in [1.54, 1.807) is 0 Å². The van der Waals surface area contributed by atoms with E-state index < -0.39 is 0 Å². The second-order valence-electron chi connectivity index (χ2n) is 5.68. The van der Waals surface area contributed by atoms with Gasteiger partial charge in [-0.25, -0.2) is 4.79 Å². The summed E-state index contributed by atoms with van der Waals surface area (Å²) >= 11 is 0. The number of carbonyl (C=O) groups is 1. The average molecular weight is 197 g/mol. The fourth-order valence-corrected chi connectivity index (χ4v) is 2.34. The highest BCUT2D eigenvalue weighted by Crippen LogP contribution is 2.55. The zero-order valence-corrected chi connectivity index (χ0v) is 9.46. The molecule has 1 amide bonds. The van der Waals surface area contributed by atoms with Crippen LogP contribution in [0.5, 0.6) is 0 Å². The van der Waals surface area contributed by atoms with Gasteiger partial charge in [-0.2, -0.15) is 0 Å². The Kier molecular flexibility index (Phi) is 1.85. The minimum absolute atomic E-state index is 0.127. The molecule has 3 heteroatoms. The summed E-state index contributed by atoms with van der Waals surface area (Å²) in [5, 5.41) is 0. The third-order valence-corrected chi connectivity index (χ3v) is 3.31. The van der Waals surface area contributed by atoms with Gasteiger partial charge in [0.2, 0.25) is 0 Å². The number of nitrogens with zero attached hydrogens (tertiary/aromatic N) is 1. The first-order valence-corrected chi connectivity index (χ1v) is 5.33. The molecular weight excluding hydrogens is 178 g/mol. The van der Waals surface area contributed by atoms with Crippen molar-refractivity contribution >= 4 is 6.09 Å². The molecule has 1 aliphatic heterocycles. The van der Waals surface area contributed by atoms with E-state index in [1.807, 2.05) is 25.7 Å². The lowest BCUT2D eigenvalue weighted by Gasteiger charge is -2.29. The van der Waals surface area contributed by atoms with E-state index in [9.17, 15) is 4.79 Å². The molecule has 1 aliphatic carbocycles. The lowest BCUT2D eigenvalue weighted by Crippen LogP contribution is -2.41. The molecule has 0 aromatic heterocycles. The molecule has 1 saturated carbocycles. The van der Waals surface area contributed by atoms with Crippen molar-refractivity contribution in [2.75, 3.05) is 6.54 Å². The maximum atomic E-state index is 11.8. The summed E-state index contributed by atoms with van der Waals surface area (Å²) in [5.74, 6) is 0.731. The second-order valence-corrected chi connectivity index (χ2v) is 5.68. The van der Waals surface area contributed by atoms with Gasteiger partial charge in [0.1, 0.15) is 5.60 Å². The van der Waals surface area contributed by atoms with E-state index in [2.05, 4.69) is 6.92 Å². The number of rotatable bonds is 0. The van der Waals surface area contributed by atoms with Gasteiger partial charge in [-0.1, -0.05) is 0 Å². The van der Waals surface area contributed by atoms with Crippen LogP contribution >= 0.6 is 0 Å². The van der Waals surface area contributed by atoms with Crippen molar-refractivity contribution in [3.63, 3.8) is 0 Å². The first-order chi connectivity index (χ1) is 6.33. The van der Waals surface area contributed by atoms with Crippen molar-refractivity contribution in [2.24, 2.45) is 5.92 Å². The number of carbonyl (C=O) groups excluding carboxylic acids is 1. The smallest absolute Gasteiger partial charge is 0.410 e. The van der Waals surface area contributed by atoms with E-state index >= 15 is 0 Å². The molecular formula is C11H19NO2. The van der Waals surface area contributed by atoms with Crippen LogP contribution in [0.15, 0.2) is 0 Å². The van der Waals surface area contributed by atoms with Gasteiger partial charge in [-0.05, 0) is 46.5 Å². The third kappa shape index (κ3) is 1.49. The lowest BCUT2D eigenvalue weighted by molar-refractivity contribution is 0.0192. The second kappa shape index (κ2) is 2.65. The number of piperidine rings is 1. The maximum Gasteiger partial charge on any atom is 0.410 e. The van der Waals surface area contributed by atoms with Crippen LogP contribution in [0.4, 0.5) is 4.79 Å². The highest BCUT2D eigenvalue weighted by atomic mass is 16.6. The van der Waals surface area contributed by atoms with Crippen LogP contribution in [0.3, 0.4) is 0 Å². The van der Waals surface area contributed by atoms with Crippen molar-refractivity contribution in [1.29, 1.82) is 0 Å². The highest BCUT2D eigenvalue weighted by Gasteiger charge is 2.60. The predicted octanol–water partition coefficient (Wildman–Crippen LogP) is 2.41. The fourth-order valence-electron chi connectivity index (χ4n) is 2.34. The third-order valence-electron chi connectivity index (χ3n) is 3.31. The van der Waals surface area contributed by atoms with E-state index in [-0.39, 0.29) is 17.2 Å². The van der Waals surface area contributed by atoms with E-state index in [1.165, 1.54) is 0 Å². The van der Waals surface area contributed by atoms with Crippen LogP contribution in [0.2, 0.25) is 0 Å². The summed E-state index contributed by atoms with van der Waals surface area (Å²) in [6.45, 7) is 8.76. The first kappa shape index (κ1) is 9.81. The number of hydrogen-bond donors (Lipinski definition) is 0. The van der Waals surface area contributed by atoms with Gasteiger partial charge < -0.3 is 9.64 Å². The Morgan fingerprint density at radius 3 is 2.50 bits per heavy atom. The number of likely N-dealkylation sites (tertiary alicyclic amines) is 1. The Morgan fingerprint density at radius 1 is 1.50 bits per heavy atom. The summed E-state index contributed by atoms with van der Waals surface area (Å²) in [6.07, 6.45) is 2.17. The molecule has 1 saturated heterocycles. The number of amides is 1. The maximum absolute atomic E-state index is 11.8. The van der Waals surface area contributed by atoms with Gasteiger partial charge in [-0.3, -0.25) is 0 Å². The van der Waals surface area contributed by atoms with Gasteiger partial charge in [0, 0.05) is 12.1 Å². The van der Waals surface area contributed by atoms with Crippen molar-refractivity contribution in [3.8, 4) is 0 Å². The molecule has 1 heterocycles. The van der Waals surface area contributed by atoms with Crippen LogP contribution in [-0.4, -0.2) is 28.7 Å². The van der Waals surface area contributed by atoms with Crippen LogP contribution < -0.4 is 0 Å². The molecule has 14 heavy (non-hydrogen) atoms. The molecule has 2 atom stereocenters. The molecule has 2 aliphatic rings. The van der Waals surface area contributed by atoms with Crippen molar-refractivity contribution in [3.05, 3.63) is 0 Å². The van der Waals surface area contributed by atoms with Crippen LogP contribution in [-0.2, 0) is 4.74 Å². The minimum Gasteiger partial charge on any atom is -0.444 e. The molecule has 0 N–H and O–H groups in total. The predicted molar refractivity (Wildman–Crippen MR) is 54.1 cm³/mol. The van der Waals surface area contributed by atoms with Crippen molar-refractivity contribution < 1.29 is 9.53 Å². The Bertz CT molecular complexity index is 267. The number of hydrogen-bond acceptors (Lipinski definition) is 2. The first-order valence-electron chi connectivity index (χ1n) is 5.33. The lowest BCUT2D eigenvalue weighted by atomic mass is 10.2. The van der Waals surface area contributed by atoms with Gasteiger partial charge in [0.25, 0.3) is 0 Å². The summed E-state index contributed by atoms with van der Waals surface area (Å²) < 4.78 is 5.37. The molecule has 0 bridgehead atoms. The number of fused-ring (bicyclic) bond motifs is 1.